The van der Waals surface area contributed by atoms with Gasteiger partial charge in [-0.05, 0) is 18.6 Å². The van der Waals surface area contributed by atoms with E-state index in [0.29, 0.717) is 19.5 Å². The van der Waals surface area contributed by atoms with Crippen LogP contribution in [0.3, 0.4) is 0 Å². The first kappa shape index (κ1) is 13.7. The summed E-state index contributed by atoms with van der Waals surface area (Å²) in [6.45, 7) is 1.17. The average Bonchev–Trinajstić information content (AvgIpc) is 2.76. The number of rotatable bonds is 6. The zero-order valence-electron chi connectivity index (χ0n) is 10.3. The second-order valence-electron chi connectivity index (χ2n) is 4.26. The van der Waals surface area contributed by atoms with Gasteiger partial charge in [-0.2, -0.15) is 0 Å². The lowest BCUT2D eigenvalue weighted by Gasteiger charge is -2.04. The van der Waals surface area contributed by atoms with Crippen LogP contribution < -0.4 is 4.57 Å². The summed E-state index contributed by atoms with van der Waals surface area (Å²) in [6, 6.07) is 5.73. The standard InChI is InChI=1S/C12H15N3O3S/c16-19(17,18)9-3-6-14-7-8-15(11-14)10-12-4-1-2-5-13-12/h1-2,4-5,7-8,11H,3,6,9-10H2. The Balaban J connectivity index is 1.89. The number of hydrogen-bond acceptors (Lipinski definition) is 4. The van der Waals surface area contributed by atoms with Crippen molar-refractivity contribution in [2.45, 2.75) is 19.5 Å². The van der Waals surface area contributed by atoms with Gasteiger partial charge in [0.15, 0.2) is 0 Å². The van der Waals surface area contributed by atoms with Crippen LogP contribution in [0.2, 0.25) is 0 Å². The Morgan fingerprint density at radius 3 is 2.89 bits per heavy atom. The molecule has 0 aliphatic carbocycles. The Kier molecular flexibility index (Phi) is 4.28. The highest BCUT2D eigenvalue weighted by molar-refractivity contribution is 7.85. The monoisotopic (exact) mass is 281 g/mol. The summed E-state index contributed by atoms with van der Waals surface area (Å²) in [7, 11) is -4.12. The van der Waals surface area contributed by atoms with Crippen molar-refractivity contribution in [2.75, 3.05) is 5.75 Å². The maximum Gasteiger partial charge on any atom is 0.244 e. The van der Waals surface area contributed by atoms with E-state index >= 15 is 0 Å². The van der Waals surface area contributed by atoms with E-state index in [4.69, 9.17) is 0 Å². The van der Waals surface area contributed by atoms with Crippen molar-refractivity contribution >= 4 is 10.1 Å². The second kappa shape index (κ2) is 5.94. The fraction of sp³-hybridized carbons (Fsp3) is 0.333. The third kappa shape index (κ3) is 4.80. The van der Waals surface area contributed by atoms with Crippen LogP contribution in [0.25, 0.3) is 0 Å². The molecule has 2 rings (SSSR count). The smallest absolute Gasteiger partial charge is 0.244 e. The Morgan fingerprint density at radius 1 is 1.37 bits per heavy atom. The number of aromatic nitrogens is 3. The van der Waals surface area contributed by atoms with Gasteiger partial charge in [-0.3, -0.25) is 4.98 Å². The van der Waals surface area contributed by atoms with Crippen LogP contribution in [-0.4, -0.2) is 28.3 Å². The van der Waals surface area contributed by atoms with Gasteiger partial charge >= 0.3 is 0 Å². The minimum Gasteiger partial charge on any atom is -0.748 e. The molecule has 0 atom stereocenters. The number of nitrogens with zero attached hydrogens (tertiary/aromatic N) is 3. The molecule has 0 fully saturated rings. The molecule has 0 saturated heterocycles. The predicted octanol–water partition coefficient (Wildman–Crippen LogP) is 0.154. The van der Waals surface area contributed by atoms with Crippen LogP contribution in [0.5, 0.6) is 0 Å². The van der Waals surface area contributed by atoms with Gasteiger partial charge < -0.3 is 4.55 Å². The summed E-state index contributed by atoms with van der Waals surface area (Å²) in [5.74, 6) is -0.328. The highest BCUT2D eigenvalue weighted by atomic mass is 32.2. The lowest BCUT2D eigenvalue weighted by molar-refractivity contribution is -0.688. The molecule has 2 aromatic heterocycles. The minimum atomic E-state index is -4.12. The third-order valence-corrected chi connectivity index (χ3v) is 3.42. The van der Waals surface area contributed by atoms with E-state index in [0.717, 1.165) is 5.69 Å². The Hall–Kier alpha value is -1.73. The van der Waals surface area contributed by atoms with Crippen LogP contribution in [-0.2, 0) is 23.2 Å². The van der Waals surface area contributed by atoms with Crippen molar-refractivity contribution in [3.63, 3.8) is 0 Å². The van der Waals surface area contributed by atoms with E-state index in [9.17, 15) is 13.0 Å². The number of hydrogen-bond donors (Lipinski definition) is 0. The molecule has 7 heteroatoms. The Morgan fingerprint density at radius 2 is 2.21 bits per heavy atom. The molecule has 0 unspecified atom stereocenters. The van der Waals surface area contributed by atoms with Crippen molar-refractivity contribution in [2.24, 2.45) is 0 Å². The number of pyridine rings is 1. The molecule has 0 spiro atoms. The van der Waals surface area contributed by atoms with E-state index in [-0.39, 0.29) is 5.75 Å². The number of imidazole rings is 1. The molecule has 102 valence electrons. The summed E-state index contributed by atoms with van der Waals surface area (Å²) < 4.78 is 35.3. The lowest BCUT2D eigenvalue weighted by atomic mass is 10.3. The minimum absolute atomic E-state index is 0.324. The third-order valence-electron chi connectivity index (χ3n) is 2.63. The lowest BCUT2D eigenvalue weighted by Crippen LogP contribution is -2.32. The van der Waals surface area contributed by atoms with Crippen molar-refractivity contribution in [1.82, 2.24) is 9.55 Å². The van der Waals surface area contributed by atoms with Gasteiger partial charge in [0.25, 0.3) is 0 Å². The quantitative estimate of drug-likeness (QED) is 0.558. The van der Waals surface area contributed by atoms with Crippen molar-refractivity contribution in [1.29, 1.82) is 0 Å². The topological polar surface area (TPSA) is 78.9 Å². The molecule has 0 radical (unpaired) electrons. The van der Waals surface area contributed by atoms with Gasteiger partial charge in [0, 0.05) is 11.9 Å². The molecule has 0 aliphatic heterocycles. The van der Waals surface area contributed by atoms with E-state index in [2.05, 4.69) is 4.98 Å². The van der Waals surface area contributed by atoms with Crippen LogP contribution in [0, 0.1) is 0 Å². The van der Waals surface area contributed by atoms with Crippen molar-refractivity contribution in [3.05, 3.63) is 48.8 Å². The summed E-state index contributed by atoms with van der Waals surface area (Å²) in [5, 5.41) is 0. The van der Waals surface area contributed by atoms with Gasteiger partial charge in [-0.25, -0.2) is 17.6 Å². The second-order valence-corrected chi connectivity index (χ2v) is 5.78. The van der Waals surface area contributed by atoms with Crippen LogP contribution >= 0.6 is 0 Å². The first-order chi connectivity index (χ1) is 9.03. The van der Waals surface area contributed by atoms with Crippen molar-refractivity contribution < 1.29 is 17.5 Å². The largest absolute Gasteiger partial charge is 0.748 e. The molecular formula is C12H15N3O3S. The average molecular weight is 281 g/mol. The zero-order valence-corrected chi connectivity index (χ0v) is 11.2. The molecule has 19 heavy (non-hydrogen) atoms. The molecule has 2 aromatic rings. The summed E-state index contributed by atoms with van der Waals surface area (Å²) >= 11 is 0. The van der Waals surface area contributed by atoms with Gasteiger partial charge in [-0.1, -0.05) is 6.07 Å². The summed E-state index contributed by atoms with van der Waals surface area (Å²) in [6.07, 6.45) is 7.67. The van der Waals surface area contributed by atoms with E-state index in [1.165, 1.54) is 0 Å². The normalized spacial score (nSPS) is 11.6. The molecule has 0 amide bonds. The maximum absolute atomic E-state index is 10.5. The highest BCUT2D eigenvalue weighted by Gasteiger charge is 2.05. The van der Waals surface area contributed by atoms with Crippen molar-refractivity contribution in [3.8, 4) is 0 Å². The molecule has 0 aromatic carbocycles. The number of aryl methyl sites for hydroxylation is 1. The fourth-order valence-electron chi connectivity index (χ4n) is 1.77. The first-order valence-electron chi connectivity index (χ1n) is 5.91. The molecule has 2 heterocycles. The summed E-state index contributed by atoms with van der Waals surface area (Å²) in [4.78, 5) is 4.23. The molecule has 0 saturated carbocycles. The van der Waals surface area contributed by atoms with Crippen LogP contribution in [0.1, 0.15) is 12.1 Å². The van der Waals surface area contributed by atoms with Crippen LogP contribution in [0.15, 0.2) is 43.1 Å². The van der Waals surface area contributed by atoms with E-state index in [1.807, 2.05) is 46.1 Å². The Bertz CT molecular complexity index is 623. The first-order valence-corrected chi connectivity index (χ1v) is 7.49. The highest BCUT2D eigenvalue weighted by Crippen LogP contribution is 1.96. The predicted molar refractivity (Wildman–Crippen MR) is 67.1 cm³/mol. The molecule has 0 N–H and O–H groups in total. The SMILES string of the molecule is O=S(=O)([O-])CCCn1cc[n+](Cc2ccccn2)c1. The Labute approximate surface area is 112 Å². The fourth-order valence-corrected chi connectivity index (χ4v) is 2.25. The maximum atomic E-state index is 10.5. The summed E-state index contributed by atoms with van der Waals surface area (Å²) in [5.41, 5.74) is 0.951. The molecule has 0 bridgehead atoms. The van der Waals surface area contributed by atoms with Gasteiger partial charge in [0.05, 0.1) is 22.4 Å². The van der Waals surface area contributed by atoms with E-state index < -0.39 is 10.1 Å². The van der Waals surface area contributed by atoms with Gasteiger partial charge in [-0.15, -0.1) is 0 Å². The van der Waals surface area contributed by atoms with Crippen LogP contribution in [0.4, 0.5) is 0 Å². The van der Waals surface area contributed by atoms with Gasteiger partial charge in [0.2, 0.25) is 6.33 Å². The van der Waals surface area contributed by atoms with E-state index in [1.54, 1.807) is 6.20 Å². The molecule has 0 aliphatic rings. The molecular weight excluding hydrogens is 266 g/mol. The van der Waals surface area contributed by atoms with Gasteiger partial charge in [0.1, 0.15) is 18.9 Å². The molecule has 6 nitrogen and oxygen atoms in total. The zero-order chi connectivity index (χ0) is 13.7.